The van der Waals surface area contributed by atoms with Gasteiger partial charge in [0.25, 0.3) is 0 Å². The molecular formula is C19H35N3O14. The fourth-order valence-electron chi connectivity index (χ4n) is 4.37. The molecule has 17 nitrogen and oxygen atoms in total. The summed E-state index contributed by atoms with van der Waals surface area (Å²) >= 11 is 0. The Kier molecular flexibility index (Phi) is 9.72. The number of nitrogens with two attached hydrogens (primary N) is 3. The molecule has 0 aromatic carbocycles. The lowest BCUT2D eigenvalue weighted by atomic mass is 9.87. The van der Waals surface area contributed by atoms with Crippen LogP contribution in [0.1, 0.15) is 0 Å². The number of aliphatic hydroxyl groups excluding tert-OH is 8. The van der Waals surface area contributed by atoms with Crippen LogP contribution in [0.25, 0.3) is 0 Å². The maximum absolute atomic E-state index is 11.5. The van der Waals surface area contributed by atoms with Gasteiger partial charge in [0.1, 0.15) is 48.8 Å². The van der Waals surface area contributed by atoms with Crippen LogP contribution in [0, 0.1) is 0 Å². The van der Waals surface area contributed by atoms with Crippen LogP contribution in [0.5, 0.6) is 0 Å². The van der Waals surface area contributed by atoms with Crippen LogP contribution in [0.4, 0.5) is 0 Å². The monoisotopic (exact) mass is 529 g/mol. The van der Waals surface area contributed by atoms with Gasteiger partial charge in [0.2, 0.25) is 0 Å². The van der Waals surface area contributed by atoms with Crippen LogP contribution in [0.2, 0.25) is 0 Å². The van der Waals surface area contributed by atoms with E-state index in [0.29, 0.717) is 0 Å². The highest BCUT2D eigenvalue weighted by Gasteiger charge is 2.56. The third-order valence-corrected chi connectivity index (χ3v) is 6.72. The number of hydrogen-bond donors (Lipinski definition) is 11. The van der Waals surface area contributed by atoms with Gasteiger partial charge in [-0.1, -0.05) is 0 Å². The Hall–Kier alpha value is -0.970. The second-order valence-corrected chi connectivity index (χ2v) is 9.04. The minimum atomic E-state index is -2.28. The Bertz CT molecular complexity index is 736. The second kappa shape index (κ2) is 11.8. The molecule has 0 radical (unpaired) electrons. The average molecular weight is 529 g/mol. The first-order chi connectivity index (χ1) is 17.0. The third kappa shape index (κ3) is 5.29. The summed E-state index contributed by atoms with van der Waals surface area (Å²) in [6, 6.07) is -4.16. The van der Waals surface area contributed by atoms with Gasteiger partial charge >= 0.3 is 0 Å². The van der Waals surface area contributed by atoms with Crippen molar-refractivity contribution in [3.8, 4) is 0 Å². The lowest BCUT2D eigenvalue weighted by Gasteiger charge is -2.49. The van der Waals surface area contributed by atoms with Crippen LogP contribution in [-0.2, 0) is 28.5 Å². The zero-order valence-corrected chi connectivity index (χ0v) is 19.0. The fourth-order valence-corrected chi connectivity index (χ4v) is 4.37. The topological polar surface area (TPSA) is 303 Å². The van der Waals surface area contributed by atoms with Crippen molar-refractivity contribution in [3.63, 3.8) is 0 Å². The van der Waals surface area contributed by atoms with E-state index in [1.54, 1.807) is 0 Å². The molecule has 0 aromatic rings. The van der Waals surface area contributed by atoms with E-state index >= 15 is 0 Å². The molecule has 210 valence electrons. The number of aliphatic hydroxyl groups is 8. The van der Waals surface area contributed by atoms with Gasteiger partial charge in [0, 0.05) is 0 Å². The largest absolute Gasteiger partial charge is 0.394 e. The number of carbonyl (C=O) groups is 1. The van der Waals surface area contributed by atoms with Crippen molar-refractivity contribution >= 4 is 6.29 Å². The van der Waals surface area contributed by atoms with Crippen molar-refractivity contribution in [2.24, 2.45) is 17.2 Å². The third-order valence-electron chi connectivity index (χ3n) is 6.72. The van der Waals surface area contributed by atoms with E-state index in [0.717, 1.165) is 0 Å². The van der Waals surface area contributed by atoms with Crippen LogP contribution >= 0.6 is 0 Å². The molecule has 0 aromatic heterocycles. The van der Waals surface area contributed by atoms with Gasteiger partial charge in [-0.25, -0.2) is 0 Å². The predicted octanol–water partition coefficient (Wildman–Crippen LogP) is -8.10. The van der Waals surface area contributed by atoms with E-state index in [1.807, 2.05) is 0 Å². The van der Waals surface area contributed by atoms with E-state index in [1.165, 1.54) is 0 Å². The first-order valence-corrected chi connectivity index (χ1v) is 11.2. The number of ether oxygens (including phenoxy) is 5. The van der Waals surface area contributed by atoms with Crippen molar-refractivity contribution in [3.05, 3.63) is 0 Å². The molecule has 14 N–H and O–H groups in total. The quantitative estimate of drug-likeness (QED) is 0.130. The van der Waals surface area contributed by atoms with Gasteiger partial charge < -0.3 is 81.7 Å². The van der Waals surface area contributed by atoms with Gasteiger partial charge in [-0.05, 0) is 0 Å². The van der Waals surface area contributed by atoms with Crippen LogP contribution < -0.4 is 17.2 Å². The number of hydrogen-bond acceptors (Lipinski definition) is 17. The molecule has 3 fully saturated rings. The normalized spacial score (nSPS) is 52.2. The van der Waals surface area contributed by atoms with Crippen molar-refractivity contribution in [1.29, 1.82) is 0 Å². The second-order valence-electron chi connectivity index (χ2n) is 9.04. The zero-order valence-electron chi connectivity index (χ0n) is 19.0. The highest BCUT2D eigenvalue weighted by atomic mass is 16.7. The molecule has 3 aliphatic rings. The summed E-state index contributed by atoms with van der Waals surface area (Å²) < 4.78 is 27.3. The Morgan fingerprint density at radius 2 is 1.25 bits per heavy atom. The summed E-state index contributed by atoms with van der Waals surface area (Å²) in [5.41, 5.74) is 15.3. The lowest BCUT2D eigenvalue weighted by Crippen LogP contribution is -2.71. The first-order valence-electron chi connectivity index (χ1n) is 11.2. The first kappa shape index (κ1) is 29.6. The van der Waals surface area contributed by atoms with Crippen LogP contribution in [-0.4, -0.2) is 158 Å². The Morgan fingerprint density at radius 3 is 1.78 bits per heavy atom. The van der Waals surface area contributed by atoms with E-state index in [9.17, 15) is 45.6 Å². The van der Waals surface area contributed by atoms with Gasteiger partial charge in [-0.15, -0.1) is 0 Å². The summed E-state index contributed by atoms with van der Waals surface area (Å²) in [6.45, 7) is -2.48. The molecule has 3 heterocycles. The maximum atomic E-state index is 11.5. The Morgan fingerprint density at radius 1 is 0.750 bits per heavy atom. The van der Waals surface area contributed by atoms with Crippen molar-refractivity contribution in [2.45, 2.75) is 91.4 Å². The average Bonchev–Trinajstić information content (AvgIpc) is 2.88. The van der Waals surface area contributed by atoms with Gasteiger partial charge in [0.15, 0.2) is 30.8 Å². The van der Waals surface area contributed by atoms with E-state index in [2.05, 4.69) is 0 Å². The molecule has 17 heteroatoms. The standard InChI is InChI=1S/C19H35N3O14/c20-7-10(27)13(5(1-23)32-16(7)31)34-17-8(21)11(28)14(6(2-24)33-17)35-18-9(22)12(29)15(30)19(3-25,4-26)36-18/h3,5-18,23-24,26-31H,1-2,4,20-22H2/t5-,6-,7-,8-,9-,10-,11-,12-,13?,14?,15+,16-,17+,18+,19-/m1/s1. The Labute approximate surface area is 204 Å². The molecule has 3 aliphatic heterocycles. The van der Waals surface area contributed by atoms with E-state index in [4.69, 9.17) is 40.9 Å². The summed E-state index contributed by atoms with van der Waals surface area (Å²) in [4.78, 5) is 11.5. The van der Waals surface area contributed by atoms with Crippen molar-refractivity contribution in [1.82, 2.24) is 0 Å². The highest BCUT2D eigenvalue weighted by Crippen LogP contribution is 2.33. The zero-order chi connectivity index (χ0) is 26.9. The molecule has 0 spiro atoms. The molecule has 0 saturated carbocycles. The molecule has 2 unspecified atom stereocenters. The summed E-state index contributed by atoms with van der Waals surface area (Å²) in [6.07, 6.45) is -17.0. The summed E-state index contributed by atoms with van der Waals surface area (Å²) in [5, 5.41) is 80.4. The molecular weight excluding hydrogens is 494 g/mol. The maximum Gasteiger partial charge on any atom is 0.177 e. The molecule has 0 bridgehead atoms. The summed E-state index contributed by atoms with van der Waals surface area (Å²) in [7, 11) is 0. The van der Waals surface area contributed by atoms with Gasteiger partial charge in [-0.3, -0.25) is 4.79 Å². The predicted molar refractivity (Wildman–Crippen MR) is 112 cm³/mol. The minimum absolute atomic E-state index is 0.0762. The number of carbonyl (C=O) groups excluding carboxylic acids is 1. The van der Waals surface area contributed by atoms with Gasteiger partial charge in [0.05, 0.1) is 37.9 Å². The Balaban J connectivity index is 1.76. The van der Waals surface area contributed by atoms with E-state index in [-0.39, 0.29) is 6.29 Å². The molecule has 3 rings (SSSR count). The minimum Gasteiger partial charge on any atom is -0.394 e. The van der Waals surface area contributed by atoms with Crippen LogP contribution in [0.3, 0.4) is 0 Å². The van der Waals surface area contributed by atoms with Gasteiger partial charge in [-0.2, -0.15) is 0 Å². The fraction of sp³-hybridized carbons (Fsp3) is 0.947. The van der Waals surface area contributed by atoms with Crippen molar-refractivity contribution < 1.29 is 69.3 Å². The molecule has 0 amide bonds. The summed E-state index contributed by atoms with van der Waals surface area (Å²) in [5.74, 6) is 0. The molecule has 3 saturated heterocycles. The molecule has 15 atom stereocenters. The van der Waals surface area contributed by atoms with E-state index < -0.39 is 111 Å². The highest BCUT2D eigenvalue weighted by molar-refractivity contribution is 5.64. The number of rotatable bonds is 8. The molecule has 0 aliphatic carbocycles. The lowest BCUT2D eigenvalue weighted by molar-refractivity contribution is -0.354. The van der Waals surface area contributed by atoms with Crippen LogP contribution in [0.15, 0.2) is 0 Å². The smallest absolute Gasteiger partial charge is 0.177 e. The van der Waals surface area contributed by atoms with Crippen molar-refractivity contribution in [2.75, 3.05) is 19.8 Å². The molecule has 36 heavy (non-hydrogen) atoms. The SMILES string of the molecule is N[C@H]1[C@@H](OC2[C@@H](CO)O[C@@H](OC3[C@@H](CO)O[C@@H](O)[C@H](N)[C@H]3O)[C@H](N)[C@H]2O)O[C@](C=O)(CO)[C@@H](O)[C@@H]1O. The number of aldehydes is 1.